The van der Waals surface area contributed by atoms with Crippen molar-refractivity contribution < 1.29 is 0 Å². The molecule has 0 spiro atoms. The van der Waals surface area contributed by atoms with Gasteiger partial charge in [0.25, 0.3) is 0 Å². The lowest BCUT2D eigenvalue weighted by Crippen LogP contribution is -2.18. The molecule has 1 fully saturated rings. The van der Waals surface area contributed by atoms with Gasteiger partial charge in [0.05, 0.1) is 15.7 Å². The average Bonchev–Trinajstić information content (AvgIpc) is 2.48. The molecule has 0 radical (unpaired) electrons. The van der Waals surface area contributed by atoms with Crippen molar-refractivity contribution in [3.8, 4) is 0 Å². The molecule has 0 aliphatic heterocycles. The molecule has 1 aromatic rings. The second-order valence-corrected chi connectivity index (χ2v) is 6.93. The fraction of sp³-hybridized carbons (Fsp3) is 0.571. The molecule has 4 heteroatoms. The summed E-state index contributed by atoms with van der Waals surface area (Å²) in [5.74, 6) is 0.840. The van der Waals surface area contributed by atoms with Gasteiger partial charge in [0.1, 0.15) is 0 Å². The number of nitrogens with one attached hydrogen (secondary N) is 1. The summed E-state index contributed by atoms with van der Waals surface area (Å²) in [6, 6.07) is 4.26. The van der Waals surface area contributed by atoms with E-state index in [-0.39, 0.29) is 0 Å². The standard InChI is InChI=1S/C14H18BrCl2N/c1-9-3-2-4-11(6-5-9)18-14-12(16)7-10(15)8-13(14)17/h7-9,11,18H,2-6H2,1H3. The quantitative estimate of drug-likeness (QED) is 0.632. The molecule has 2 atom stereocenters. The summed E-state index contributed by atoms with van der Waals surface area (Å²) in [5, 5.41) is 4.89. The van der Waals surface area contributed by atoms with E-state index in [0.717, 1.165) is 16.1 Å². The molecule has 0 heterocycles. The number of halogens is 3. The Morgan fingerprint density at radius 1 is 1.11 bits per heavy atom. The highest BCUT2D eigenvalue weighted by molar-refractivity contribution is 9.10. The van der Waals surface area contributed by atoms with E-state index in [2.05, 4.69) is 28.2 Å². The zero-order valence-corrected chi connectivity index (χ0v) is 13.6. The van der Waals surface area contributed by atoms with Gasteiger partial charge in [0.2, 0.25) is 0 Å². The highest BCUT2D eigenvalue weighted by Gasteiger charge is 2.18. The molecule has 1 aliphatic carbocycles. The van der Waals surface area contributed by atoms with E-state index >= 15 is 0 Å². The maximum atomic E-state index is 6.25. The first-order valence-corrected chi connectivity index (χ1v) is 8.02. The van der Waals surface area contributed by atoms with Crippen LogP contribution in [0.5, 0.6) is 0 Å². The van der Waals surface area contributed by atoms with E-state index in [4.69, 9.17) is 23.2 Å². The van der Waals surface area contributed by atoms with Crippen molar-refractivity contribution in [2.24, 2.45) is 5.92 Å². The van der Waals surface area contributed by atoms with Crippen molar-refractivity contribution in [1.82, 2.24) is 0 Å². The summed E-state index contributed by atoms with van der Waals surface area (Å²) in [5.41, 5.74) is 0.876. The third-order valence-electron chi connectivity index (χ3n) is 3.61. The minimum Gasteiger partial charge on any atom is -0.380 e. The predicted molar refractivity (Wildman–Crippen MR) is 83.8 cm³/mol. The normalized spacial score (nSPS) is 24.7. The Kier molecular flexibility index (Phi) is 5.23. The molecule has 18 heavy (non-hydrogen) atoms. The monoisotopic (exact) mass is 349 g/mol. The Morgan fingerprint density at radius 3 is 2.44 bits per heavy atom. The van der Waals surface area contributed by atoms with Crippen molar-refractivity contribution in [2.45, 2.75) is 45.1 Å². The van der Waals surface area contributed by atoms with Gasteiger partial charge in [-0.1, -0.05) is 58.9 Å². The molecule has 0 saturated heterocycles. The number of hydrogen-bond acceptors (Lipinski definition) is 1. The Balaban J connectivity index is 2.09. The molecule has 0 aromatic heterocycles. The second-order valence-electron chi connectivity index (χ2n) is 5.20. The van der Waals surface area contributed by atoms with E-state index in [1.54, 1.807) is 0 Å². The molecule has 0 amide bonds. The highest BCUT2D eigenvalue weighted by atomic mass is 79.9. The fourth-order valence-corrected chi connectivity index (χ4v) is 3.83. The molecule has 1 saturated carbocycles. The Bertz CT molecular complexity index is 399. The molecule has 0 bridgehead atoms. The Hall–Kier alpha value is 0.0800. The van der Waals surface area contributed by atoms with Gasteiger partial charge in [-0.2, -0.15) is 0 Å². The van der Waals surface area contributed by atoms with Crippen molar-refractivity contribution >= 4 is 44.8 Å². The van der Waals surface area contributed by atoms with Crippen LogP contribution in [0.1, 0.15) is 39.0 Å². The van der Waals surface area contributed by atoms with Gasteiger partial charge in [0.15, 0.2) is 0 Å². The Morgan fingerprint density at radius 2 is 1.78 bits per heavy atom. The topological polar surface area (TPSA) is 12.0 Å². The van der Waals surface area contributed by atoms with Gasteiger partial charge < -0.3 is 5.32 Å². The predicted octanol–water partition coefficient (Wildman–Crippen LogP) is 6.14. The van der Waals surface area contributed by atoms with E-state index in [0.29, 0.717) is 16.1 Å². The molecular formula is C14H18BrCl2N. The molecular weight excluding hydrogens is 333 g/mol. The number of hydrogen-bond donors (Lipinski definition) is 1. The zero-order chi connectivity index (χ0) is 13.1. The van der Waals surface area contributed by atoms with Crippen LogP contribution >= 0.6 is 39.1 Å². The van der Waals surface area contributed by atoms with Crippen LogP contribution in [0.2, 0.25) is 10.0 Å². The van der Waals surface area contributed by atoms with Crippen LogP contribution in [0.3, 0.4) is 0 Å². The van der Waals surface area contributed by atoms with Crippen LogP contribution in [0.25, 0.3) is 0 Å². The minimum atomic E-state index is 0.492. The third kappa shape index (κ3) is 3.79. The van der Waals surface area contributed by atoms with Crippen LogP contribution in [0, 0.1) is 5.92 Å². The van der Waals surface area contributed by atoms with Crippen molar-refractivity contribution in [3.05, 3.63) is 26.7 Å². The lowest BCUT2D eigenvalue weighted by molar-refractivity contribution is 0.502. The number of rotatable bonds is 2. The van der Waals surface area contributed by atoms with Crippen LogP contribution < -0.4 is 5.32 Å². The van der Waals surface area contributed by atoms with Gasteiger partial charge in [-0.05, 0) is 37.3 Å². The van der Waals surface area contributed by atoms with Crippen molar-refractivity contribution in [1.29, 1.82) is 0 Å². The summed E-state index contributed by atoms with van der Waals surface area (Å²) >= 11 is 15.9. The largest absolute Gasteiger partial charge is 0.380 e. The van der Waals surface area contributed by atoms with Crippen LogP contribution in [-0.4, -0.2) is 6.04 Å². The summed E-state index contributed by atoms with van der Waals surface area (Å²) in [6.45, 7) is 2.34. The maximum Gasteiger partial charge on any atom is 0.0721 e. The summed E-state index contributed by atoms with van der Waals surface area (Å²) in [7, 11) is 0. The third-order valence-corrected chi connectivity index (χ3v) is 4.67. The highest BCUT2D eigenvalue weighted by Crippen LogP contribution is 2.35. The van der Waals surface area contributed by atoms with Crippen molar-refractivity contribution in [3.63, 3.8) is 0 Å². The summed E-state index contributed by atoms with van der Waals surface area (Å²) < 4.78 is 0.914. The lowest BCUT2D eigenvalue weighted by atomic mass is 10.0. The molecule has 1 aromatic carbocycles. The first kappa shape index (κ1) is 14.5. The van der Waals surface area contributed by atoms with E-state index in [1.165, 1.54) is 32.1 Å². The Labute approximate surface area is 127 Å². The van der Waals surface area contributed by atoms with Crippen LogP contribution in [0.4, 0.5) is 5.69 Å². The average molecular weight is 351 g/mol. The first-order valence-electron chi connectivity index (χ1n) is 6.47. The molecule has 1 nitrogen and oxygen atoms in total. The minimum absolute atomic E-state index is 0.492. The van der Waals surface area contributed by atoms with E-state index in [1.807, 2.05) is 12.1 Å². The van der Waals surface area contributed by atoms with E-state index in [9.17, 15) is 0 Å². The summed E-state index contributed by atoms with van der Waals surface area (Å²) in [4.78, 5) is 0. The van der Waals surface area contributed by atoms with Gasteiger partial charge in [-0.25, -0.2) is 0 Å². The number of anilines is 1. The van der Waals surface area contributed by atoms with Gasteiger partial charge >= 0.3 is 0 Å². The maximum absolute atomic E-state index is 6.25. The molecule has 2 unspecified atom stereocenters. The number of benzene rings is 1. The van der Waals surface area contributed by atoms with Gasteiger partial charge in [-0.15, -0.1) is 0 Å². The smallest absolute Gasteiger partial charge is 0.0721 e. The summed E-state index contributed by atoms with van der Waals surface area (Å²) in [6.07, 6.45) is 6.30. The van der Waals surface area contributed by atoms with Crippen LogP contribution in [-0.2, 0) is 0 Å². The fourth-order valence-electron chi connectivity index (χ4n) is 2.52. The second kappa shape index (κ2) is 6.49. The molecule has 1 N–H and O–H groups in total. The first-order chi connectivity index (χ1) is 8.56. The SMILES string of the molecule is CC1CCCC(Nc2c(Cl)cc(Br)cc2Cl)CC1. The van der Waals surface area contributed by atoms with E-state index < -0.39 is 0 Å². The lowest BCUT2D eigenvalue weighted by Gasteiger charge is -2.20. The van der Waals surface area contributed by atoms with Gasteiger partial charge in [0, 0.05) is 10.5 Å². The zero-order valence-electron chi connectivity index (χ0n) is 10.5. The molecule has 100 valence electrons. The van der Waals surface area contributed by atoms with Crippen LogP contribution in [0.15, 0.2) is 16.6 Å². The van der Waals surface area contributed by atoms with Crippen molar-refractivity contribution in [2.75, 3.05) is 5.32 Å². The van der Waals surface area contributed by atoms with Gasteiger partial charge in [-0.3, -0.25) is 0 Å². The molecule has 1 aliphatic rings. The molecule has 2 rings (SSSR count).